The molecule has 1 atom stereocenters. The Morgan fingerprint density at radius 2 is 1.91 bits per heavy atom. The van der Waals surface area contributed by atoms with E-state index in [1.165, 1.54) is 9.58 Å². The van der Waals surface area contributed by atoms with Crippen LogP contribution in [0.15, 0.2) is 24.3 Å². The van der Waals surface area contributed by atoms with E-state index < -0.39 is 24.2 Å². The summed E-state index contributed by atoms with van der Waals surface area (Å²) in [5, 5.41) is 4.54. The molecule has 0 bridgehead atoms. The number of methoxy groups -OCH3 is 1. The van der Waals surface area contributed by atoms with E-state index in [2.05, 4.69) is 5.10 Å². The van der Waals surface area contributed by atoms with Crippen molar-refractivity contribution in [2.24, 2.45) is 0 Å². The van der Waals surface area contributed by atoms with Gasteiger partial charge < -0.3 is 14.4 Å². The number of carbonyl (C=O) groups is 1. The lowest BCUT2D eigenvalue weighted by molar-refractivity contribution is -0.0400. The van der Waals surface area contributed by atoms with E-state index in [1.54, 1.807) is 32.8 Å². The van der Waals surface area contributed by atoms with Crippen molar-refractivity contribution >= 4 is 6.09 Å². The Balaban J connectivity index is 1.56. The molecule has 9 heteroatoms. The maximum Gasteiger partial charge on any atom is 0.410 e. The summed E-state index contributed by atoms with van der Waals surface area (Å²) >= 11 is 0. The van der Waals surface area contributed by atoms with Gasteiger partial charge in [0.15, 0.2) is 0 Å². The van der Waals surface area contributed by atoms with Crippen LogP contribution in [-0.2, 0) is 36.7 Å². The number of carbonyl (C=O) groups excluding carboxylic acids is 1. The highest BCUT2D eigenvalue weighted by atomic mass is 19.3. The number of hydrogen-bond donors (Lipinski definition) is 0. The third-order valence-electron chi connectivity index (χ3n) is 6.07. The third kappa shape index (κ3) is 4.98. The highest BCUT2D eigenvalue weighted by Gasteiger charge is 2.45. The normalized spacial score (nSPS) is 20.6. The summed E-state index contributed by atoms with van der Waals surface area (Å²) in [4.78, 5) is 16.0. The Labute approximate surface area is 193 Å². The van der Waals surface area contributed by atoms with Crippen molar-refractivity contribution in [1.82, 2.24) is 19.6 Å². The van der Waals surface area contributed by atoms with E-state index in [9.17, 15) is 4.79 Å². The van der Waals surface area contributed by atoms with E-state index >= 15 is 8.78 Å². The van der Waals surface area contributed by atoms with Crippen LogP contribution >= 0.6 is 0 Å². The minimum absolute atomic E-state index is 0.0739. The van der Waals surface area contributed by atoms with Crippen LogP contribution in [0.3, 0.4) is 0 Å². The zero-order chi connectivity index (χ0) is 24.0. The van der Waals surface area contributed by atoms with Crippen molar-refractivity contribution in [1.29, 1.82) is 0 Å². The summed E-state index contributed by atoms with van der Waals surface area (Å²) in [5.74, 6) is -2.36. The second-order valence-electron chi connectivity index (χ2n) is 9.92. The maximum atomic E-state index is 15.6. The van der Waals surface area contributed by atoms with E-state index in [4.69, 9.17) is 9.47 Å². The van der Waals surface area contributed by atoms with Gasteiger partial charge in [-0.25, -0.2) is 4.79 Å². The number of aromatic nitrogens is 2. The van der Waals surface area contributed by atoms with Crippen LogP contribution < -0.4 is 4.74 Å². The Hall–Kier alpha value is -2.68. The third-order valence-corrected chi connectivity index (χ3v) is 6.07. The van der Waals surface area contributed by atoms with Crippen molar-refractivity contribution in [3.8, 4) is 5.75 Å². The average Bonchev–Trinajstić information content (AvgIpc) is 3.02. The molecule has 0 fully saturated rings. The molecule has 0 aliphatic carbocycles. The Morgan fingerprint density at radius 3 is 2.55 bits per heavy atom. The Bertz CT molecular complexity index is 1010. The number of halogens is 2. The van der Waals surface area contributed by atoms with Gasteiger partial charge in [-0.2, -0.15) is 13.9 Å². The van der Waals surface area contributed by atoms with Crippen LogP contribution in [0.25, 0.3) is 0 Å². The molecule has 7 nitrogen and oxygen atoms in total. The first-order chi connectivity index (χ1) is 15.5. The van der Waals surface area contributed by atoms with E-state index in [1.807, 2.05) is 31.2 Å². The molecule has 0 saturated carbocycles. The van der Waals surface area contributed by atoms with Gasteiger partial charge >= 0.3 is 12.0 Å². The monoisotopic (exact) mass is 462 g/mol. The topological polar surface area (TPSA) is 59.8 Å². The van der Waals surface area contributed by atoms with Crippen LogP contribution in [0.5, 0.6) is 5.75 Å². The summed E-state index contributed by atoms with van der Waals surface area (Å²) < 4.78 is 43.3. The van der Waals surface area contributed by atoms with Gasteiger partial charge in [0.1, 0.15) is 17.0 Å². The number of ether oxygens (including phenoxy) is 2. The second-order valence-corrected chi connectivity index (χ2v) is 9.92. The van der Waals surface area contributed by atoms with Crippen molar-refractivity contribution in [3.05, 3.63) is 46.8 Å². The minimum Gasteiger partial charge on any atom is -0.497 e. The molecule has 2 aliphatic rings. The Kier molecular flexibility index (Phi) is 6.11. The van der Waals surface area contributed by atoms with Gasteiger partial charge in [-0.1, -0.05) is 12.1 Å². The van der Waals surface area contributed by atoms with E-state index in [-0.39, 0.29) is 18.3 Å². The van der Waals surface area contributed by atoms with Crippen LogP contribution in [0.1, 0.15) is 50.2 Å². The standard InChI is InChI=1S/C24H32F2N4O3/c1-16-12-20-19(14-29(16)22(31)33-23(2,3)4)21-24(25,26)15-28(10-11-30(21)27-20)13-17-6-8-18(32-5)9-7-17/h6-9,16H,10-15H2,1-5H3/t16-/m1/s1. The lowest BCUT2D eigenvalue weighted by Crippen LogP contribution is -2.45. The highest BCUT2D eigenvalue weighted by molar-refractivity contribution is 5.69. The molecule has 1 amide bonds. The van der Waals surface area contributed by atoms with Crippen LogP contribution in [0.2, 0.25) is 0 Å². The summed E-state index contributed by atoms with van der Waals surface area (Å²) in [6.45, 7) is 8.19. The van der Waals surface area contributed by atoms with Crippen LogP contribution in [0, 0.1) is 0 Å². The fourth-order valence-corrected chi connectivity index (χ4v) is 4.53. The van der Waals surface area contributed by atoms with Crippen molar-refractivity contribution in [3.63, 3.8) is 0 Å². The molecule has 180 valence electrons. The summed E-state index contributed by atoms with van der Waals surface area (Å²) in [5.41, 5.74) is 1.32. The predicted octanol–water partition coefficient (Wildman–Crippen LogP) is 4.18. The molecule has 2 aromatic rings. The first-order valence-electron chi connectivity index (χ1n) is 11.3. The molecule has 2 aliphatic heterocycles. The van der Waals surface area contributed by atoms with E-state index in [0.717, 1.165) is 11.3 Å². The summed E-state index contributed by atoms with van der Waals surface area (Å²) in [7, 11) is 1.59. The average molecular weight is 463 g/mol. The number of amides is 1. The van der Waals surface area contributed by atoms with Gasteiger partial charge in [0, 0.05) is 31.1 Å². The predicted molar refractivity (Wildman–Crippen MR) is 119 cm³/mol. The largest absolute Gasteiger partial charge is 0.497 e. The molecule has 4 rings (SSSR count). The molecule has 0 saturated heterocycles. The second kappa shape index (κ2) is 8.59. The van der Waals surface area contributed by atoms with Gasteiger partial charge in [-0.15, -0.1) is 0 Å². The first kappa shape index (κ1) is 23.5. The molecule has 33 heavy (non-hydrogen) atoms. The lowest BCUT2D eigenvalue weighted by atomic mass is 9.97. The summed E-state index contributed by atoms with van der Waals surface area (Å²) in [6, 6.07) is 7.27. The van der Waals surface area contributed by atoms with Crippen LogP contribution in [-0.4, -0.2) is 57.5 Å². The molecule has 0 N–H and O–H groups in total. The summed E-state index contributed by atoms with van der Waals surface area (Å²) in [6.07, 6.45) is -0.0566. The van der Waals surface area contributed by atoms with Gasteiger partial charge in [0.2, 0.25) is 0 Å². The minimum atomic E-state index is -3.09. The fraction of sp³-hybridized carbons (Fsp3) is 0.583. The van der Waals surface area contributed by atoms with Crippen molar-refractivity contribution in [2.75, 3.05) is 20.2 Å². The SMILES string of the molecule is COc1ccc(CN2CCn3nc4c(c3C(F)(F)C2)CN(C(=O)OC(C)(C)C)[C@H](C)C4)cc1. The molecule has 0 spiro atoms. The number of nitrogens with zero attached hydrogens (tertiary/aromatic N) is 4. The van der Waals surface area contributed by atoms with Gasteiger partial charge in [-0.05, 0) is 45.4 Å². The quantitative estimate of drug-likeness (QED) is 0.685. The Morgan fingerprint density at radius 1 is 1.21 bits per heavy atom. The first-order valence-corrected chi connectivity index (χ1v) is 11.3. The zero-order valence-electron chi connectivity index (χ0n) is 19.9. The molecule has 0 unspecified atom stereocenters. The smallest absolute Gasteiger partial charge is 0.410 e. The van der Waals surface area contributed by atoms with Crippen LogP contribution in [0.4, 0.5) is 13.6 Å². The molecule has 3 heterocycles. The zero-order valence-corrected chi connectivity index (χ0v) is 19.9. The highest BCUT2D eigenvalue weighted by Crippen LogP contribution is 2.38. The van der Waals surface area contributed by atoms with Gasteiger partial charge in [-0.3, -0.25) is 9.58 Å². The fourth-order valence-electron chi connectivity index (χ4n) is 4.53. The molecular formula is C24H32F2N4O3. The van der Waals surface area contributed by atoms with E-state index in [0.29, 0.717) is 37.3 Å². The van der Waals surface area contributed by atoms with Gasteiger partial charge in [0.05, 0.1) is 32.4 Å². The van der Waals surface area contributed by atoms with Crippen molar-refractivity contribution in [2.45, 2.75) is 71.3 Å². The molecule has 0 radical (unpaired) electrons. The number of rotatable bonds is 3. The molecule has 1 aromatic heterocycles. The number of fused-ring (bicyclic) bond motifs is 3. The molecular weight excluding hydrogens is 430 g/mol. The maximum absolute atomic E-state index is 15.6. The number of alkyl halides is 2. The number of benzene rings is 1. The van der Waals surface area contributed by atoms with Crippen molar-refractivity contribution < 1.29 is 23.0 Å². The molecule has 1 aromatic carbocycles. The lowest BCUT2D eigenvalue weighted by Gasteiger charge is -2.35. The number of hydrogen-bond acceptors (Lipinski definition) is 5. The van der Waals surface area contributed by atoms with Gasteiger partial charge in [0.25, 0.3) is 0 Å².